The van der Waals surface area contributed by atoms with Crippen molar-refractivity contribution in [3.05, 3.63) is 42.6 Å². The molecule has 1 aliphatic heterocycles. The minimum atomic E-state index is -0.387. The Bertz CT molecular complexity index is 735. The fourth-order valence-electron chi connectivity index (χ4n) is 2.78. The molecule has 1 atom stereocenters. The van der Waals surface area contributed by atoms with Crippen molar-refractivity contribution in [1.29, 1.82) is 0 Å². The van der Waals surface area contributed by atoms with Crippen LogP contribution in [0, 0.1) is 0 Å². The Kier molecular flexibility index (Phi) is 6.08. The molecule has 0 aliphatic carbocycles. The molecule has 1 fully saturated rings. The summed E-state index contributed by atoms with van der Waals surface area (Å²) in [5, 5.41) is 3.41. The molecule has 8 nitrogen and oxygen atoms in total. The van der Waals surface area contributed by atoms with Crippen molar-refractivity contribution in [1.82, 2.24) is 19.9 Å². The Morgan fingerprint density at radius 2 is 2.15 bits per heavy atom. The number of carbonyl (C=O) groups excluding carboxylic acids is 1. The number of nitrogens with one attached hydrogen (secondary N) is 1. The van der Waals surface area contributed by atoms with Crippen LogP contribution in [0.2, 0.25) is 0 Å². The Labute approximate surface area is 152 Å². The first-order valence-electron chi connectivity index (χ1n) is 8.70. The van der Waals surface area contributed by atoms with Crippen LogP contribution in [0.15, 0.2) is 36.9 Å². The highest BCUT2D eigenvalue weighted by Crippen LogP contribution is 2.18. The molecule has 1 aliphatic rings. The average molecular weight is 354 g/mol. The summed E-state index contributed by atoms with van der Waals surface area (Å²) >= 11 is 0. The van der Waals surface area contributed by atoms with E-state index >= 15 is 0 Å². The predicted molar refractivity (Wildman–Crippen MR) is 98.6 cm³/mol. The van der Waals surface area contributed by atoms with E-state index in [4.69, 9.17) is 4.74 Å². The van der Waals surface area contributed by atoms with Crippen molar-refractivity contribution in [2.75, 3.05) is 29.9 Å². The van der Waals surface area contributed by atoms with Crippen molar-refractivity contribution in [2.45, 2.75) is 25.8 Å². The van der Waals surface area contributed by atoms with Crippen molar-refractivity contribution in [3.8, 4) is 0 Å². The Morgan fingerprint density at radius 1 is 1.31 bits per heavy atom. The second-order valence-corrected chi connectivity index (χ2v) is 5.89. The first-order chi connectivity index (χ1) is 12.7. The third-order valence-corrected chi connectivity index (χ3v) is 3.96. The molecule has 8 heteroatoms. The van der Waals surface area contributed by atoms with Gasteiger partial charge in [0.25, 0.3) is 0 Å². The highest BCUT2D eigenvalue weighted by Gasteiger charge is 2.21. The summed E-state index contributed by atoms with van der Waals surface area (Å²) < 4.78 is 4.83. The highest BCUT2D eigenvalue weighted by atomic mass is 16.5. The van der Waals surface area contributed by atoms with Crippen LogP contribution in [-0.4, -0.2) is 51.6 Å². The largest absolute Gasteiger partial charge is 0.463 e. The van der Waals surface area contributed by atoms with Crippen LogP contribution in [0.25, 0.3) is 6.08 Å². The third kappa shape index (κ3) is 4.98. The number of esters is 1. The maximum atomic E-state index is 11.3. The smallest absolute Gasteiger partial charge is 0.330 e. The number of aromatic nitrogens is 4. The van der Waals surface area contributed by atoms with E-state index in [1.807, 2.05) is 6.07 Å². The molecule has 3 heterocycles. The van der Waals surface area contributed by atoms with Crippen LogP contribution in [0.1, 0.15) is 25.5 Å². The monoisotopic (exact) mass is 354 g/mol. The van der Waals surface area contributed by atoms with Gasteiger partial charge in [-0.3, -0.25) is 4.98 Å². The minimum Gasteiger partial charge on any atom is -0.463 e. The molecule has 2 aromatic heterocycles. The maximum Gasteiger partial charge on any atom is 0.330 e. The second kappa shape index (κ2) is 8.89. The van der Waals surface area contributed by atoms with Crippen LogP contribution in [0.5, 0.6) is 0 Å². The summed E-state index contributed by atoms with van der Waals surface area (Å²) in [6.45, 7) is 3.88. The zero-order chi connectivity index (χ0) is 18.2. The van der Waals surface area contributed by atoms with Gasteiger partial charge in [-0.25, -0.2) is 19.7 Å². The highest BCUT2D eigenvalue weighted by molar-refractivity contribution is 5.86. The molecular formula is C18H22N6O2. The molecule has 0 amide bonds. The summed E-state index contributed by atoms with van der Waals surface area (Å²) in [5.74, 6) is 1.07. The fourth-order valence-corrected chi connectivity index (χ4v) is 2.78. The number of ether oxygens (including phenoxy) is 1. The maximum absolute atomic E-state index is 11.3. The van der Waals surface area contributed by atoms with Crippen LogP contribution in [0.3, 0.4) is 0 Å². The zero-order valence-electron chi connectivity index (χ0n) is 14.7. The average Bonchev–Trinajstić information content (AvgIpc) is 2.69. The van der Waals surface area contributed by atoms with E-state index in [2.05, 4.69) is 30.2 Å². The van der Waals surface area contributed by atoms with Gasteiger partial charge in [-0.1, -0.05) is 0 Å². The quantitative estimate of drug-likeness (QED) is 0.621. The second-order valence-electron chi connectivity index (χ2n) is 5.89. The van der Waals surface area contributed by atoms with E-state index in [9.17, 15) is 4.79 Å². The predicted octanol–water partition coefficient (Wildman–Crippen LogP) is 1.92. The summed E-state index contributed by atoms with van der Waals surface area (Å²) in [5.41, 5.74) is 0.603. The molecule has 0 bridgehead atoms. The minimum absolute atomic E-state index is 0.253. The summed E-state index contributed by atoms with van der Waals surface area (Å²) in [4.78, 5) is 30.8. The van der Waals surface area contributed by atoms with Crippen molar-refractivity contribution < 1.29 is 9.53 Å². The summed E-state index contributed by atoms with van der Waals surface area (Å²) in [7, 11) is 0. The van der Waals surface area contributed by atoms with Crippen LogP contribution < -0.4 is 10.2 Å². The fraction of sp³-hybridized carbons (Fsp3) is 0.389. The molecule has 1 N–H and O–H groups in total. The van der Waals surface area contributed by atoms with Gasteiger partial charge in [0.15, 0.2) is 0 Å². The van der Waals surface area contributed by atoms with Gasteiger partial charge in [0, 0.05) is 37.6 Å². The van der Waals surface area contributed by atoms with Crippen molar-refractivity contribution >= 4 is 23.8 Å². The molecule has 1 saturated heterocycles. The van der Waals surface area contributed by atoms with Crippen LogP contribution in [-0.2, 0) is 9.53 Å². The molecule has 0 radical (unpaired) electrons. The van der Waals surface area contributed by atoms with Gasteiger partial charge >= 0.3 is 5.97 Å². The number of rotatable bonds is 6. The van der Waals surface area contributed by atoms with Crippen molar-refractivity contribution in [3.63, 3.8) is 0 Å². The number of hydrogen-bond acceptors (Lipinski definition) is 8. The Hall–Kier alpha value is -3.03. The lowest BCUT2D eigenvalue weighted by Crippen LogP contribution is -2.43. The summed E-state index contributed by atoms with van der Waals surface area (Å²) in [6.07, 6.45) is 11.9. The van der Waals surface area contributed by atoms with E-state index in [1.54, 1.807) is 37.8 Å². The molecular weight excluding hydrogens is 332 g/mol. The van der Waals surface area contributed by atoms with Gasteiger partial charge < -0.3 is 15.0 Å². The lowest BCUT2D eigenvalue weighted by atomic mass is 10.1. The van der Waals surface area contributed by atoms with Crippen molar-refractivity contribution in [2.24, 2.45) is 0 Å². The standard InChI is InChI=1S/C18H22N6O2/c1-2-26-17(25)7-6-14-11-22-16(12-21-14)23-15-5-3-10-24(13-15)18-19-8-4-9-20-18/h4,6-9,11-12,15H,2-3,5,10,13H2,1H3,(H,22,23)/b7-6+/t15-/m1/s1. The topological polar surface area (TPSA) is 93.1 Å². The molecule has 0 spiro atoms. The lowest BCUT2D eigenvalue weighted by Gasteiger charge is -2.33. The van der Waals surface area contributed by atoms with E-state index < -0.39 is 0 Å². The molecule has 136 valence electrons. The number of hydrogen-bond donors (Lipinski definition) is 1. The van der Waals surface area contributed by atoms with E-state index in [1.165, 1.54) is 6.08 Å². The first kappa shape index (κ1) is 17.8. The van der Waals surface area contributed by atoms with E-state index in [0.717, 1.165) is 31.9 Å². The SMILES string of the molecule is CCOC(=O)/C=C/c1cnc(N[C@@H]2CCCN(c3ncccn3)C2)cn1. The van der Waals surface area contributed by atoms with Gasteiger partial charge in [-0.05, 0) is 31.9 Å². The van der Waals surface area contributed by atoms with Gasteiger partial charge in [0.1, 0.15) is 5.82 Å². The third-order valence-electron chi connectivity index (χ3n) is 3.96. The van der Waals surface area contributed by atoms with Gasteiger partial charge in [-0.2, -0.15) is 0 Å². The zero-order valence-corrected chi connectivity index (χ0v) is 14.7. The lowest BCUT2D eigenvalue weighted by molar-refractivity contribution is -0.137. The molecule has 0 aromatic carbocycles. The normalized spacial score (nSPS) is 17.3. The van der Waals surface area contributed by atoms with E-state index in [-0.39, 0.29) is 12.0 Å². The van der Waals surface area contributed by atoms with Crippen LogP contribution >= 0.6 is 0 Å². The number of nitrogens with zero attached hydrogens (tertiary/aromatic N) is 5. The number of anilines is 2. The Morgan fingerprint density at radius 3 is 2.88 bits per heavy atom. The summed E-state index contributed by atoms with van der Waals surface area (Å²) in [6, 6.07) is 2.07. The van der Waals surface area contributed by atoms with Gasteiger partial charge in [0.2, 0.25) is 5.95 Å². The molecule has 0 unspecified atom stereocenters. The molecule has 2 aromatic rings. The molecule has 3 rings (SSSR count). The Balaban J connectivity index is 1.56. The molecule has 0 saturated carbocycles. The van der Waals surface area contributed by atoms with Crippen LogP contribution in [0.4, 0.5) is 11.8 Å². The number of piperidine rings is 1. The van der Waals surface area contributed by atoms with Gasteiger partial charge in [-0.15, -0.1) is 0 Å². The van der Waals surface area contributed by atoms with E-state index in [0.29, 0.717) is 18.1 Å². The molecule has 26 heavy (non-hydrogen) atoms. The van der Waals surface area contributed by atoms with Gasteiger partial charge in [0.05, 0.1) is 24.7 Å². The first-order valence-corrected chi connectivity index (χ1v) is 8.70. The number of carbonyl (C=O) groups is 1.